The first-order valence-corrected chi connectivity index (χ1v) is 10.9. The Bertz CT molecular complexity index is 731. The van der Waals surface area contributed by atoms with Crippen LogP contribution in [0.3, 0.4) is 0 Å². The summed E-state index contributed by atoms with van der Waals surface area (Å²) in [6.45, 7) is 13.9. The minimum absolute atomic E-state index is 0.0458. The zero-order valence-corrected chi connectivity index (χ0v) is 19.6. The van der Waals surface area contributed by atoms with E-state index in [-0.39, 0.29) is 29.2 Å². The van der Waals surface area contributed by atoms with Crippen LogP contribution in [0.25, 0.3) is 0 Å². The van der Waals surface area contributed by atoms with Crippen LogP contribution in [0.15, 0.2) is 18.2 Å². The Hall–Kier alpha value is -2.24. The lowest BCUT2D eigenvalue weighted by molar-refractivity contribution is -0.142. The Kier molecular flexibility index (Phi) is 8.16. The van der Waals surface area contributed by atoms with E-state index in [2.05, 4.69) is 19.2 Å². The summed E-state index contributed by atoms with van der Waals surface area (Å²) in [7, 11) is 1.62. The number of carbonyl (C=O) groups is 2. The van der Waals surface area contributed by atoms with Gasteiger partial charge in [-0.1, -0.05) is 40.7 Å². The molecule has 168 valence electrons. The standard InChI is InChI=1S/C24H38N2O4/c1-16(2)15-30-20-9-8-19(14-21(20)29-7)17(3)25-22(27)18-10-12-26(13-11-18)23(28)24(4,5)6/h8-9,14,16-18H,10-13,15H2,1-7H3,(H,25,27)/t17-/m1/s1. The molecule has 1 fully saturated rings. The largest absolute Gasteiger partial charge is 0.493 e. The molecule has 1 aliphatic rings. The van der Waals surface area contributed by atoms with Gasteiger partial charge in [0.15, 0.2) is 11.5 Å². The van der Waals surface area contributed by atoms with Gasteiger partial charge in [0.2, 0.25) is 11.8 Å². The Morgan fingerprint density at radius 1 is 1.13 bits per heavy atom. The smallest absolute Gasteiger partial charge is 0.227 e. The molecule has 1 saturated heterocycles. The molecule has 1 aromatic rings. The summed E-state index contributed by atoms with van der Waals surface area (Å²) in [4.78, 5) is 27.1. The molecule has 0 unspecified atom stereocenters. The predicted octanol–water partition coefficient (Wildman–Crippen LogP) is 4.19. The van der Waals surface area contributed by atoms with Gasteiger partial charge >= 0.3 is 0 Å². The van der Waals surface area contributed by atoms with Crippen molar-refractivity contribution in [1.29, 1.82) is 0 Å². The maximum Gasteiger partial charge on any atom is 0.227 e. The number of nitrogens with zero attached hydrogens (tertiary/aromatic N) is 1. The quantitative estimate of drug-likeness (QED) is 0.721. The van der Waals surface area contributed by atoms with E-state index < -0.39 is 0 Å². The second-order valence-corrected chi connectivity index (χ2v) is 9.66. The Morgan fingerprint density at radius 2 is 1.77 bits per heavy atom. The molecule has 0 bridgehead atoms. The third-order valence-electron chi connectivity index (χ3n) is 5.41. The van der Waals surface area contributed by atoms with Gasteiger partial charge in [0.1, 0.15) is 0 Å². The normalized spacial score (nSPS) is 16.3. The van der Waals surface area contributed by atoms with Crippen molar-refractivity contribution in [2.24, 2.45) is 17.3 Å². The topological polar surface area (TPSA) is 67.9 Å². The summed E-state index contributed by atoms with van der Waals surface area (Å²) in [5.41, 5.74) is 0.589. The van der Waals surface area contributed by atoms with E-state index in [0.29, 0.717) is 50.0 Å². The summed E-state index contributed by atoms with van der Waals surface area (Å²) < 4.78 is 11.3. The van der Waals surface area contributed by atoms with Crippen LogP contribution in [-0.4, -0.2) is 43.5 Å². The van der Waals surface area contributed by atoms with Gasteiger partial charge in [0.25, 0.3) is 0 Å². The predicted molar refractivity (Wildman–Crippen MR) is 119 cm³/mol. The lowest BCUT2D eigenvalue weighted by Gasteiger charge is -2.35. The number of carbonyl (C=O) groups excluding carboxylic acids is 2. The molecule has 30 heavy (non-hydrogen) atoms. The molecule has 1 aliphatic heterocycles. The lowest BCUT2D eigenvalue weighted by atomic mass is 9.90. The number of hydrogen-bond acceptors (Lipinski definition) is 4. The van der Waals surface area contributed by atoms with E-state index in [1.54, 1.807) is 7.11 Å². The maximum atomic E-state index is 12.8. The number of amides is 2. The number of benzene rings is 1. The third-order valence-corrected chi connectivity index (χ3v) is 5.41. The first kappa shape index (κ1) is 24.0. The van der Waals surface area contributed by atoms with Crippen LogP contribution in [0, 0.1) is 17.3 Å². The SMILES string of the molecule is COc1cc([C@@H](C)NC(=O)C2CCN(C(=O)C(C)(C)C)CC2)ccc1OCC(C)C. The molecule has 0 aromatic heterocycles. The van der Waals surface area contributed by atoms with Gasteiger partial charge in [-0.3, -0.25) is 9.59 Å². The second-order valence-electron chi connectivity index (χ2n) is 9.66. The molecule has 0 aliphatic carbocycles. The molecule has 2 amide bonds. The highest BCUT2D eigenvalue weighted by Gasteiger charge is 2.32. The lowest BCUT2D eigenvalue weighted by Crippen LogP contribution is -2.46. The number of rotatable bonds is 7. The number of hydrogen-bond donors (Lipinski definition) is 1. The monoisotopic (exact) mass is 418 g/mol. The molecule has 1 N–H and O–H groups in total. The zero-order chi connectivity index (χ0) is 22.5. The molecule has 2 rings (SSSR count). The van der Waals surface area contributed by atoms with Gasteiger partial charge in [-0.25, -0.2) is 0 Å². The molecule has 6 heteroatoms. The van der Waals surface area contributed by atoms with Crippen molar-refractivity contribution in [3.8, 4) is 11.5 Å². The number of methoxy groups -OCH3 is 1. The van der Waals surface area contributed by atoms with Gasteiger partial charge in [0.05, 0.1) is 19.8 Å². The molecule has 0 saturated carbocycles. The molecule has 6 nitrogen and oxygen atoms in total. The van der Waals surface area contributed by atoms with Crippen LogP contribution in [0.1, 0.15) is 66.0 Å². The van der Waals surface area contributed by atoms with Crippen molar-refractivity contribution in [3.05, 3.63) is 23.8 Å². The van der Waals surface area contributed by atoms with E-state index in [1.807, 2.05) is 50.8 Å². The fourth-order valence-electron chi connectivity index (χ4n) is 3.56. The van der Waals surface area contributed by atoms with Crippen LogP contribution in [0.2, 0.25) is 0 Å². The van der Waals surface area contributed by atoms with E-state index in [1.165, 1.54) is 0 Å². The van der Waals surface area contributed by atoms with Crippen molar-refractivity contribution >= 4 is 11.8 Å². The van der Waals surface area contributed by atoms with E-state index in [4.69, 9.17) is 9.47 Å². The van der Waals surface area contributed by atoms with Gasteiger partial charge in [0, 0.05) is 24.4 Å². The number of ether oxygens (including phenoxy) is 2. The Balaban J connectivity index is 1.94. The van der Waals surface area contributed by atoms with Crippen molar-refractivity contribution < 1.29 is 19.1 Å². The fourth-order valence-corrected chi connectivity index (χ4v) is 3.56. The van der Waals surface area contributed by atoms with Gasteiger partial charge in [-0.2, -0.15) is 0 Å². The fraction of sp³-hybridized carbons (Fsp3) is 0.667. The zero-order valence-electron chi connectivity index (χ0n) is 19.6. The van der Waals surface area contributed by atoms with Crippen molar-refractivity contribution in [2.75, 3.05) is 26.8 Å². The molecule has 1 atom stereocenters. The van der Waals surface area contributed by atoms with Gasteiger partial charge in [-0.15, -0.1) is 0 Å². The second kappa shape index (κ2) is 10.2. The first-order valence-electron chi connectivity index (χ1n) is 10.9. The Morgan fingerprint density at radius 3 is 2.30 bits per heavy atom. The van der Waals surface area contributed by atoms with E-state index in [0.717, 1.165) is 5.56 Å². The minimum Gasteiger partial charge on any atom is -0.493 e. The molecule has 1 heterocycles. The molecular weight excluding hydrogens is 380 g/mol. The summed E-state index contributed by atoms with van der Waals surface area (Å²) in [5, 5.41) is 3.12. The minimum atomic E-state index is -0.381. The highest BCUT2D eigenvalue weighted by molar-refractivity contribution is 5.83. The summed E-state index contributed by atoms with van der Waals surface area (Å²) in [5.74, 6) is 1.95. The van der Waals surface area contributed by atoms with Crippen LogP contribution >= 0.6 is 0 Å². The van der Waals surface area contributed by atoms with Crippen molar-refractivity contribution in [3.63, 3.8) is 0 Å². The van der Waals surface area contributed by atoms with Crippen LogP contribution in [0.5, 0.6) is 11.5 Å². The molecule has 0 spiro atoms. The maximum absolute atomic E-state index is 12.8. The van der Waals surface area contributed by atoms with Crippen molar-refractivity contribution in [1.82, 2.24) is 10.2 Å². The third kappa shape index (κ3) is 6.38. The first-order chi connectivity index (χ1) is 14.0. The van der Waals surface area contributed by atoms with Crippen molar-refractivity contribution in [2.45, 2.75) is 60.4 Å². The number of nitrogens with one attached hydrogen (secondary N) is 1. The van der Waals surface area contributed by atoms with Crippen LogP contribution in [-0.2, 0) is 9.59 Å². The summed E-state index contributed by atoms with van der Waals surface area (Å²) in [6.07, 6.45) is 1.40. The molecule has 0 radical (unpaired) electrons. The number of piperidine rings is 1. The number of likely N-dealkylation sites (tertiary alicyclic amines) is 1. The highest BCUT2D eigenvalue weighted by Crippen LogP contribution is 2.31. The van der Waals surface area contributed by atoms with Gasteiger partial charge in [-0.05, 0) is 43.4 Å². The summed E-state index contributed by atoms with van der Waals surface area (Å²) in [6, 6.07) is 5.65. The van der Waals surface area contributed by atoms with Crippen LogP contribution < -0.4 is 14.8 Å². The molecule has 1 aromatic carbocycles. The van der Waals surface area contributed by atoms with Crippen LogP contribution in [0.4, 0.5) is 0 Å². The van der Waals surface area contributed by atoms with E-state index >= 15 is 0 Å². The average Bonchev–Trinajstić information content (AvgIpc) is 2.70. The Labute approximate surface area is 181 Å². The summed E-state index contributed by atoms with van der Waals surface area (Å²) >= 11 is 0. The highest BCUT2D eigenvalue weighted by atomic mass is 16.5. The molecular formula is C24H38N2O4. The van der Waals surface area contributed by atoms with Gasteiger partial charge < -0.3 is 19.7 Å². The average molecular weight is 419 g/mol. The van der Waals surface area contributed by atoms with E-state index in [9.17, 15) is 9.59 Å².